The van der Waals surface area contributed by atoms with E-state index in [0.717, 1.165) is 25.9 Å². The number of rotatable bonds is 35. The molecule has 1 N–H and O–H groups in total. The largest absolute Gasteiger partial charge is 0.466 e. The Balaban J connectivity index is 1.61. The van der Waals surface area contributed by atoms with Gasteiger partial charge in [0.05, 0.1) is 158 Å². The third-order valence-corrected chi connectivity index (χ3v) is 5.97. The van der Waals surface area contributed by atoms with E-state index in [1.165, 1.54) is 0 Å². The predicted molar refractivity (Wildman–Crippen MR) is 161 cm³/mol. The fourth-order valence-electron chi connectivity index (χ4n) is 3.71. The number of esters is 1. The van der Waals surface area contributed by atoms with Crippen LogP contribution in [-0.4, -0.2) is 171 Å². The molecule has 1 fully saturated rings. The lowest BCUT2D eigenvalue weighted by atomic mass is 10.1. The minimum absolute atomic E-state index is 0.249. The average Bonchev–Trinajstić information content (AvgIpc) is 3.04. The quantitative estimate of drug-likeness (QED) is 0.0773. The van der Waals surface area contributed by atoms with Gasteiger partial charge >= 0.3 is 5.97 Å². The predicted octanol–water partition coefficient (Wildman–Crippen LogP) is 0.874. The molecule has 0 unspecified atom stereocenters. The second kappa shape index (κ2) is 34.9. The molecule has 0 aromatic carbocycles. The van der Waals surface area contributed by atoms with Crippen LogP contribution < -0.4 is 5.32 Å². The van der Waals surface area contributed by atoms with Crippen LogP contribution in [0.1, 0.15) is 26.2 Å². The van der Waals surface area contributed by atoms with Gasteiger partial charge in [0.2, 0.25) is 0 Å². The Morgan fingerprint density at radius 2 is 0.773 bits per heavy atom. The van der Waals surface area contributed by atoms with Crippen LogP contribution >= 0.6 is 0 Å². The van der Waals surface area contributed by atoms with Crippen molar-refractivity contribution in [1.82, 2.24) is 5.32 Å². The molecule has 1 aliphatic rings. The molecule has 0 aromatic rings. The van der Waals surface area contributed by atoms with E-state index >= 15 is 0 Å². The van der Waals surface area contributed by atoms with E-state index in [0.29, 0.717) is 151 Å². The maximum atomic E-state index is 11.1. The van der Waals surface area contributed by atoms with Gasteiger partial charge in [0.15, 0.2) is 0 Å². The molecule has 0 radical (unpaired) electrons. The molecule has 0 spiro atoms. The van der Waals surface area contributed by atoms with Crippen molar-refractivity contribution in [2.24, 2.45) is 0 Å². The third kappa shape index (κ3) is 31.0. The molecule has 14 heteroatoms. The van der Waals surface area contributed by atoms with Gasteiger partial charge in [0.25, 0.3) is 0 Å². The summed E-state index contributed by atoms with van der Waals surface area (Å²) in [5.41, 5.74) is 0. The van der Waals surface area contributed by atoms with Crippen LogP contribution in [0.3, 0.4) is 0 Å². The molecule has 0 amide bonds. The lowest BCUT2D eigenvalue weighted by Crippen LogP contribution is -2.33. The number of carbonyl (C=O) groups excluding carboxylic acids is 1. The Bertz CT molecular complexity index is 585. The number of carbonyl (C=O) groups is 1. The van der Waals surface area contributed by atoms with Gasteiger partial charge in [-0.25, -0.2) is 0 Å². The topological polar surface area (TPSA) is 140 Å². The third-order valence-electron chi connectivity index (χ3n) is 5.97. The molecular formula is C30H59NO13. The summed E-state index contributed by atoms with van der Waals surface area (Å²) < 4.78 is 65.1. The highest BCUT2D eigenvalue weighted by Gasteiger charge is 2.12. The molecule has 14 nitrogen and oxygen atoms in total. The zero-order chi connectivity index (χ0) is 31.4. The van der Waals surface area contributed by atoms with E-state index in [2.05, 4.69) is 5.32 Å². The molecular weight excluding hydrogens is 582 g/mol. The molecule has 1 rings (SSSR count). The standard InChI is InChI=1S/C30H59NO13/c1-2-43-30(32)5-8-33-9-10-34-11-12-35-13-14-36-15-16-37-17-18-38-19-20-39-21-22-40-23-24-41-25-26-42-27-28-44-29-3-6-31-7-4-29/h29,31H,2-28H2,1H3. The Morgan fingerprint density at radius 1 is 0.477 bits per heavy atom. The maximum absolute atomic E-state index is 11.1. The Kier molecular flexibility index (Phi) is 32.5. The monoisotopic (exact) mass is 641 g/mol. The van der Waals surface area contributed by atoms with Crippen molar-refractivity contribution < 1.29 is 61.6 Å². The second-order valence-corrected chi connectivity index (χ2v) is 9.50. The summed E-state index contributed by atoms with van der Waals surface area (Å²) in [5, 5.41) is 3.33. The van der Waals surface area contributed by atoms with Crippen molar-refractivity contribution in [3.8, 4) is 0 Å². The first-order chi connectivity index (χ1) is 21.8. The molecule has 1 heterocycles. The van der Waals surface area contributed by atoms with E-state index in [-0.39, 0.29) is 12.4 Å². The Hall–Kier alpha value is -1.01. The molecule has 44 heavy (non-hydrogen) atoms. The minimum Gasteiger partial charge on any atom is -0.466 e. The van der Waals surface area contributed by atoms with E-state index in [1.54, 1.807) is 6.92 Å². The van der Waals surface area contributed by atoms with Crippen molar-refractivity contribution in [2.75, 3.05) is 158 Å². The SMILES string of the molecule is CCOC(=O)CCOCCOCCOCCOCCOCCOCCOCCOCCOCCOCCOC1CCNCC1. The summed E-state index contributed by atoms with van der Waals surface area (Å²) in [6.07, 6.45) is 2.78. The molecule has 0 bridgehead atoms. The number of nitrogens with one attached hydrogen (secondary N) is 1. The highest BCUT2D eigenvalue weighted by atomic mass is 16.6. The van der Waals surface area contributed by atoms with Gasteiger partial charge < -0.3 is 62.2 Å². The summed E-state index contributed by atoms with van der Waals surface area (Å²) in [6.45, 7) is 14.9. The van der Waals surface area contributed by atoms with Gasteiger partial charge in [-0.05, 0) is 32.9 Å². The van der Waals surface area contributed by atoms with Gasteiger partial charge in [-0.15, -0.1) is 0 Å². The van der Waals surface area contributed by atoms with Crippen LogP contribution in [0.4, 0.5) is 0 Å². The van der Waals surface area contributed by atoms with E-state index < -0.39 is 0 Å². The first-order valence-corrected chi connectivity index (χ1v) is 16.1. The van der Waals surface area contributed by atoms with E-state index in [1.807, 2.05) is 0 Å². The van der Waals surface area contributed by atoms with Gasteiger partial charge in [-0.2, -0.15) is 0 Å². The van der Waals surface area contributed by atoms with Crippen LogP contribution in [0.25, 0.3) is 0 Å². The lowest BCUT2D eigenvalue weighted by Gasteiger charge is -2.22. The van der Waals surface area contributed by atoms with Crippen molar-refractivity contribution in [3.63, 3.8) is 0 Å². The first-order valence-electron chi connectivity index (χ1n) is 16.1. The van der Waals surface area contributed by atoms with Gasteiger partial charge in [0.1, 0.15) is 0 Å². The summed E-state index contributed by atoms with van der Waals surface area (Å²) in [4.78, 5) is 11.1. The van der Waals surface area contributed by atoms with Crippen LogP contribution in [-0.2, 0) is 61.6 Å². The lowest BCUT2D eigenvalue weighted by molar-refractivity contribution is -0.144. The summed E-state index contributed by atoms with van der Waals surface area (Å²) in [7, 11) is 0. The van der Waals surface area contributed by atoms with Crippen molar-refractivity contribution in [2.45, 2.75) is 32.3 Å². The average molecular weight is 642 g/mol. The number of piperidine rings is 1. The molecule has 0 atom stereocenters. The van der Waals surface area contributed by atoms with E-state index in [4.69, 9.17) is 56.8 Å². The zero-order valence-corrected chi connectivity index (χ0v) is 27.0. The molecule has 0 aromatic heterocycles. The van der Waals surface area contributed by atoms with Gasteiger partial charge in [0, 0.05) is 0 Å². The Morgan fingerprint density at radius 3 is 1.09 bits per heavy atom. The maximum Gasteiger partial charge on any atom is 0.308 e. The van der Waals surface area contributed by atoms with Gasteiger partial charge in [-0.1, -0.05) is 0 Å². The summed E-state index contributed by atoms with van der Waals surface area (Å²) in [5.74, 6) is -0.249. The molecule has 0 saturated carbocycles. The van der Waals surface area contributed by atoms with Crippen LogP contribution in [0, 0.1) is 0 Å². The first kappa shape index (κ1) is 41.0. The van der Waals surface area contributed by atoms with Crippen LogP contribution in [0.15, 0.2) is 0 Å². The molecule has 0 aliphatic carbocycles. The fourth-order valence-corrected chi connectivity index (χ4v) is 3.71. The molecule has 1 saturated heterocycles. The molecule has 262 valence electrons. The summed E-state index contributed by atoms with van der Waals surface area (Å²) in [6, 6.07) is 0. The van der Waals surface area contributed by atoms with Gasteiger partial charge in [-0.3, -0.25) is 4.79 Å². The van der Waals surface area contributed by atoms with Crippen molar-refractivity contribution in [1.29, 1.82) is 0 Å². The number of hydrogen-bond donors (Lipinski definition) is 1. The second-order valence-electron chi connectivity index (χ2n) is 9.50. The highest BCUT2D eigenvalue weighted by Crippen LogP contribution is 2.06. The zero-order valence-electron chi connectivity index (χ0n) is 27.0. The normalized spacial score (nSPS) is 13.9. The summed E-state index contributed by atoms with van der Waals surface area (Å²) >= 11 is 0. The van der Waals surface area contributed by atoms with Crippen LogP contribution in [0.2, 0.25) is 0 Å². The van der Waals surface area contributed by atoms with E-state index in [9.17, 15) is 4.79 Å². The smallest absolute Gasteiger partial charge is 0.308 e. The molecule has 1 aliphatic heterocycles. The number of ether oxygens (including phenoxy) is 12. The fraction of sp³-hybridized carbons (Fsp3) is 0.967. The highest BCUT2D eigenvalue weighted by molar-refractivity contribution is 5.69. The number of hydrogen-bond acceptors (Lipinski definition) is 14. The van der Waals surface area contributed by atoms with Crippen molar-refractivity contribution >= 4 is 5.97 Å². The van der Waals surface area contributed by atoms with Crippen molar-refractivity contribution in [3.05, 3.63) is 0 Å². The Labute approximate surface area is 263 Å². The minimum atomic E-state index is -0.249. The van der Waals surface area contributed by atoms with Crippen LogP contribution in [0.5, 0.6) is 0 Å².